The van der Waals surface area contributed by atoms with Gasteiger partial charge in [-0.05, 0) is 66.6 Å². The molecule has 1 saturated heterocycles. The van der Waals surface area contributed by atoms with E-state index in [4.69, 9.17) is 9.72 Å². The van der Waals surface area contributed by atoms with Gasteiger partial charge in [0.05, 0.1) is 23.9 Å². The van der Waals surface area contributed by atoms with Gasteiger partial charge in [-0.2, -0.15) is 0 Å². The van der Waals surface area contributed by atoms with E-state index in [0.29, 0.717) is 6.54 Å². The van der Waals surface area contributed by atoms with E-state index in [9.17, 15) is 4.79 Å². The first-order valence-electron chi connectivity index (χ1n) is 11.9. The molecular weight excluding hydrogens is 456 g/mol. The van der Waals surface area contributed by atoms with Crippen LogP contribution in [0.2, 0.25) is 0 Å². The van der Waals surface area contributed by atoms with Gasteiger partial charge in [0.25, 0.3) is 0 Å². The first kappa shape index (κ1) is 23.5. The van der Waals surface area contributed by atoms with Gasteiger partial charge in [0.1, 0.15) is 10.8 Å². The van der Waals surface area contributed by atoms with Gasteiger partial charge in [0.2, 0.25) is 5.91 Å². The molecule has 0 aliphatic carbocycles. The van der Waals surface area contributed by atoms with Crippen molar-refractivity contribution in [3.63, 3.8) is 0 Å². The summed E-state index contributed by atoms with van der Waals surface area (Å²) in [6, 6.07) is 22.5. The molecule has 1 aromatic heterocycles. The second-order valence-electron chi connectivity index (χ2n) is 9.02. The van der Waals surface area contributed by atoms with Crippen LogP contribution in [0.4, 0.5) is 5.69 Å². The molecular formula is C28H30N4O2S. The molecule has 1 aliphatic heterocycles. The minimum Gasteiger partial charge on any atom is -0.497 e. The molecule has 1 aliphatic rings. The van der Waals surface area contributed by atoms with Gasteiger partial charge in [0.15, 0.2) is 0 Å². The van der Waals surface area contributed by atoms with E-state index in [0.717, 1.165) is 60.2 Å². The van der Waals surface area contributed by atoms with Crippen LogP contribution in [0.1, 0.15) is 11.1 Å². The van der Waals surface area contributed by atoms with E-state index < -0.39 is 0 Å². The highest BCUT2D eigenvalue weighted by atomic mass is 32.1. The summed E-state index contributed by atoms with van der Waals surface area (Å²) in [6.07, 6.45) is 0. The zero-order valence-electron chi connectivity index (χ0n) is 20.2. The number of benzene rings is 3. The number of hydrogen-bond acceptors (Lipinski definition) is 6. The van der Waals surface area contributed by atoms with E-state index in [1.165, 1.54) is 15.8 Å². The molecule has 0 atom stereocenters. The summed E-state index contributed by atoms with van der Waals surface area (Å²) in [5.41, 5.74) is 5.39. The number of ether oxygens (including phenoxy) is 1. The Hall–Kier alpha value is -3.26. The van der Waals surface area contributed by atoms with Crippen LogP contribution >= 0.6 is 11.3 Å². The maximum atomic E-state index is 12.6. The monoisotopic (exact) mass is 486 g/mol. The Morgan fingerprint density at radius 3 is 2.54 bits per heavy atom. The van der Waals surface area contributed by atoms with Gasteiger partial charge < -0.3 is 10.1 Å². The van der Waals surface area contributed by atoms with Crippen LogP contribution in [0, 0.1) is 6.92 Å². The molecule has 2 heterocycles. The molecule has 0 saturated carbocycles. The SMILES string of the molecule is COc1cccc(CN2CCN(CC(=O)Nc3ccc(-c4nc5ccc(C)cc5s4)cc3)CC2)c1. The number of piperazine rings is 1. The van der Waals surface area contributed by atoms with E-state index in [1.807, 2.05) is 36.4 Å². The lowest BCUT2D eigenvalue weighted by molar-refractivity contribution is -0.117. The molecule has 3 aromatic carbocycles. The third kappa shape index (κ3) is 5.88. The highest BCUT2D eigenvalue weighted by Gasteiger charge is 2.19. The Kier molecular flexibility index (Phi) is 7.08. The third-order valence-corrected chi connectivity index (χ3v) is 7.40. The molecule has 5 rings (SSSR count). The number of thiazole rings is 1. The quantitative estimate of drug-likeness (QED) is 0.397. The largest absolute Gasteiger partial charge is 0.497 e. The summed E-state index contributed by atoms with van der Waals surface area (Å²) in [7, 11) is 1.70. The predicted molar refractivity (Wildman–Crippen MR) is 143 cm³/mol. The Balaban J connectivity index is 1.11. The number of carbonyl (C=O) groups excluding carboxylic acids is 1. The summed E-state index contributed by atoms with van der Waals surface area (Å²) in [6.45, 7) is 7.06. The van der Waals surface area contributed by atoms with Crippen molar-refractivity contribution in [3.8, 4) is 16.3 Å². The topological polar surface area (TPSA) is 57.7 Å². The lowest BCUT2D eigenvalue weighted by Gasteiger charge is -2.34. The zero-order chi connectivity index (χ0) is 24.2. The fourth-order valence-electron chi connectivity index (χ4n) is 4.39. The number of aryl methyl sites for hydroxylation is 1. The van der Waals surface area contributed by atoms with Crippen molar-refractivity contribution in [2.24, 2.45) is 0 Å². The van der Waals surface area contributed by atoms with Crippen molar-refractivity contribution in [1.82, 2.24) is 14.8 Å². The van der Waals surface area contributed by atoms with E-state index in [1.54, 1.807) is 18.4 Å². The van der Waals surface area contributed by atoms with Crippen LogP contribution in [-0.4, -0.2) is 60.5 Å². The Bertz CT molecular complexity index is 1310. The fourth-order valence-corrected chi connectivity index (χ4v) is 5.46. The van der Waals surface area contributed by atoms with Crippen LogP contribution in [-0.2, 0) is 11.3 Å². The van der Waals surface area contributed by atoms with Crippen LogP contribution in [0.25, 0.3) is 20.8 Å². The Morgan fingerprint density at radius 2 is 1.77 bits per heavy atom. The summed E-state index contributed by atoms with van der Waals surface area (Å²) in [5.74, 6) is 0.912. The van der Waals surface area contributed by atoms with E-state index in [-0.39, 0.29) is 5.91 Å². The molecule has 180 valence electrons. The number of amides is 1. The minimum absolute atomic E-state index is 0.0226. The normalized spacial score (nSPS) is 14.8. The molecule has 1 N–H and O–H groups in total. The van der Waals surface area contributed by atoms with Gasteiger partial charge in [0, 0.05) is 44.0 Å². The van der Waals surface area contributed by atoms with Crippen molar-refractivity contribution >= 4 is 33.1 Å². The van der Waals surface area contributed by atoms with Crippen LogP contribution in [0.5, 0.6) is 5.75 Å². The number of aromatic nitrogens is 1. The molecule has 0 bridgehead atoms. The maximum absolute atomic E-state index is 12.6. The number of nitrogens with zero attached hydrogens (tertiary/aromatic N) is 3. The van der Waals surface area contributed by atoms with Crippen molar-refractivity contribution < 1.29 is 9.53 Å². The first-order chi connectivity index (χ1) is 17.1. The van der Waals surface area contributed by atoms with Gasteiger partial charge >= 0.3 is 0 Å². The zero-order valence-corrected chi connectivity index (χ0v) is 21.0. The summed E-state index contributed by atoms with van der Waals surface area (Å²) >= 11 is 1.69. The lowest BCUT2D eigenvalue weighted by atomic mass is 10.2. The third-order valence-electron chi connectivity index (χ3n) is 6.33. The fraction of sp³-hybridized carbons (Fsp3) is 0.286. The number of nitrogens with one attached hydrogen (secondary N) is 1. The minimum atomic E-state index is 0.0226. The molecule has 1 fully saturated rings. The number of rotatable bonds is 7. The number of carbonyl (C=O) groups is 1. The number of methoxy groups -OCH3 is 1. The second kappa shape index (κ2) is 10.6. The molecule has 4 aromatic rings. The predicted octanol–water partition coefficient (Wildman–Crippen LogP) is 5.04. The highest BCUT2D eigenvalue weighted by Crippen LogP contribution is 2.31. The average molecular weight is 487 g/mol. The Morgan fingerprint density at radius 1 is 1.00 bits per heavy atom. The molecule has 6 nitrogen and oxygen atoms in total. The van der Waals surface area contributed by atoms with Crippen LogP contribution in [0.15, 0.2) is 66.7 Å². The van der Waals surface area contributed by atoms with E-state index in [2.05, 4.69) is 52.4 Å². The van der Waals surface area contributed by atoms with Crippen molar-refractivity contribution in [1.29, 1.82) is 0 Å². The van der Waals surface area contributed by atoms with Crippen molar-refractivity contribution in [3.05, 3.63) is 77.9 Å². The molecule has 35 heavy (non-hydrogen) atoms. The summed E-state index contributed by atoms with van der Waals surface area (Å²) in [5, 5.41) is 4.04. The standard InChI is InChI=1S/C28H30N4O2S/c1-20-6-11-25-26(16-20)35-28(30-25)22-7-9-23(10-8-22)29-27(33)19-32-14-12-31(13-15-32)18-21-4-3-5-24(17-21)34-2/h3-11,16-17H,12-15,18-19H2,1-2H3,(H,29,33). The number of hydrogen-bond donors (Lipinski definition) is 1. The van der Waals surface area contributed by atoms with E-state index >= 15 is 0 Å². The molecule has 1 amide bonds. The van der Waals surface area contributed by atoms with Crippen LogP contribution < -0.4 is 10.1 Å². The maximum Gasteiger partial charge on any atom is 0.238 e. The highest BCUT2D eigenvalue weighted by molar-refractivity contribution is 7.21. The smallest absolute Gasteiger partial charge is 0.238 e. The number of fused-ring (bicyclic) bond motifs is 1. The van der Waals surface area contributed by atoms with Crippen LogP contribution in [0.3, 0.4) is 0 Å². The van der Waals surface area contributed by atoms with Gasteiger partial charge in [-0.15, -0.1) is 11.3 Å². The summed E-state index contributed by atoms with van der Waals surface area (Å²) < 4.78 is 6.52. The molecule has 0 radical (unpaired) electrons. The molecule has 0 unspecified atom stereocenters. The van der Waals surface area contributed by atoms with Gasteiger partial charge in [-0.25, -0.2) is 4.98 Å². The van der Waals surface area contributed by atoms with Crippen molar-refractivity contribution in [2.75, 3.05) is 45.2 Å². The first-order valence-corrected chi connectivity index (χ1v) is 12.7. The van der Waals surface area contributed by atoms with Gasteiger partial charge in [-0.3, -0.25) is 14.6 Å². The lowest BCUT2D eigenvalue weighted by Crippen LogP contribution is -2.48. The van der Waals surface area contributed by atoms with Crippen molar-refractivity contribution in [2.45, 2.75) is 13.5 Å². The second-order valence-corrected chi connectivity index (χ2v) is 10.1. The molecule has 0 spiro atoms. The Labute approximate surface area is 210 Å². The number of anilines is 1. The summed E-state index contributed by atoms with van der Waals surface area (Å²) in [4.78, 5) is 22.0. The molecule has 7 heteroatoms. The van der Waals surface area contributed by atoms with Gasteiger partial charge in [-0.1, -0.05) is 18.2 Å². The average Bonchev–Trinajstić information content (AvgIpc) is 3.29.